The molecule has 7 heteroatoms. The van der Waals surface area contributed by atoms with Crippen molar-refractivity contribution in [3.8, 4) is 0 Å². The molecule has 0 amide bonds. The minimum Gasteiger partial charge on any atom is -0.481 e. The van der Waals surface area contributed by atoms with E-state index in [0.29, 0.717) is 34.7 Å². The lowest BCUT2D eigenvalue weighted by Crippen LogP contribution is -2.21. The molecule has 1 heterocycles. The Bertz CT molecular complexity index is 427. The van der Waals surface area contributed by atoms with Gasteiger partial charge in [0.05, 0.1) is 11.6 Å². The molecule has 1 unspecified atom stereocenters. The van der Waals surface area contributed by atoms with Gasteiger partial charge >= 0.3 is 12.1 Å². The van der Waals surface area contributed by atoms with Crippen LogP contribution in [0.1, 0.15) is 22.0 Å². The highest BCUT2D eigenvalue weighted by molar-refractivity contribution is 7.11. The van der Waals surface area contributed by atoms with E-state index in [1.54, 1.807) is 0 Å². The normalized spacial score (nSPS) is 20.6. The first-order chi connectivity index (χ1) is 7.38. The SMILES string of the molecule is O=C(O)C1CCc2sc(C(F)(F)F)nc2C1. The monoisotopic (exact) mass is 251 g/mol. The van der Waals surface area contributed by atoms with E-state index in [4.69, 9.17) is 5.11 Å². The van der Waals surface area contributed by atoms with Crippen molar-refractivity contribution in [2.75, 3.05) is 0 Å². The van der Waals surface area contributed by atoms with Gasteiger partial charge in [-0.25, -0.2) is 4.98 Å². The molecular formula is C9H8F3NO2S. The van der Waals surface area contributed by atoms with Gasteiger partial charge in [-0.05, 0) is 12.8 Å². The molecule has 1 aromatic rings. The number of halogens is 3. The number of hydrogen-bond donors (Lipinski definition) is 1. The number of nitrogens with zero attached hydrogens (tertiary/aromatic N) is 1. The zero-order valence-corrected chi connectivity index (χ0v) is 8.86. The number of aliphatic carboxylic acids is 1. The fourth-order valence-electron chi connectivity index (χ4n) is 1.71. The molecule has 1 aromatic heterocycles. The van der Waals surface area contributed by atoms with Crippen LogP contribution < -0.4 is 0 Å². The van der Waals surface area contributed by atoms with E-state index in [1.165, 1.54) is 0 Å². The zero-order valence-electron chi connectivity index (χ0n) is 8.04. The Kier molecular flexibility index (Phi) is 2.65. The van der Waals surface area contributed by atoms with Gasteiger partial charge in [0.2, 0.25) is 0 Å². The fraction of sp³-hybridized carbons (Fsp3) is 0.556. The van der Waals surface area contributed by atoms with Crippen molar-refractivity contribution in [3.05, 3.63) is 15.6 Å². The quantitative estimate of drug-likeness (QED) is 0.833. The average molecular weight is 251 g/mol. The number of aryl methyl sites for hydroxylation is 1. The molecule has 0 saturated carbocycles. The smallest absolute Gasteiger partial charge is 0.443 e. The summed E-state index contributed by atoms with van der Waals surface area (Å²) < 4.78 is 37.1. The van der Waals surface area contributed by atoms with E-state index in [2.05, 4.69) is 4.98 Å². The summed E-state index contributed by atoms with van der Waals surface area (Å²) in [6, 6.07) is 0. The van der Waals surface area contributed by atoms with Crippen molar-refractivity contribution in [1.82, 2.24) is 4.98 Å². The fourth-order valence-corrected chi connectivity index (χ4v) is 2.68. The Hall–Kier alpha value is -1.11. The van der Waals surface area contributed by atoms with Gasteiger partial charge in [0.1, 0.15) is 0 Å². The lowest BCUT2D eigenvalue weighted by atomic mass is 9.91. The highest BCUT2D eigenvalue weighted by atomic mass is 32.1. The summed E-state index contributed by atoms with van der Waals surface area (Å²) in [6.07, 6.45) is -3.56. The maximum absolute atomic E-state index is 12.4. The van der Waals surface area contributed by atoms with Gasteiger partial charge in [-0.2, -0.15) is 13.2 Å². The molecule has 88 valence electrons. The van der Waals surface area contributed by atoms with Crippen LogP contribution in [-0.4, -0.2) is 16.1 Å². The first-order valence-electron chi connectivity index (χ1n) is 4.66. The van der Waals surface area contributed by atoms with Crippen molar-refractivity contribution in [3.63, 3.8) is 0 Å². The van der Waals surface area contributed by atoms with Gasteiger partial charge in [0, 0.05) is 11.3 Å². The van der Waals surface area contributed by atoms with E-state index in [0.717, 1.165) is 0 Å². The third-order valence-corrected chi connectivity index (χ3v) is 3.73. The molecule has 1 aliphatic rings. The first kappa shape index (κ1) is 11.4. The highest BCUT2D eigenvalue weighted by Gasteiger charge is 2.37. The molecule has 0 fully saturated rings. The molecule has 1 N–H and O–H groups in total. The van der Waals surface area contributed by atoms with Gasteiger partial charge in [-0.1, -0.05) is 0 Å². The molecule has 16 heavy (non-hydrogen) atoms. The Morgan fingerprint density at radius 1 is 1.50 bits per heavy atom. The minimum atomic E-state index is -4.43. The molecule has 0 spiro atoms. The van der Waals surface area contributed by atoms with Gasteiger partial charge in [0.25, 0.3) is 0 Å². The summed E-state index contributed by atoms with van der Waals surface area (Å²) in [5.41, 5.74) is 0.302. The van der Waals surface area contributed by atoms with E-state index in [-0.39, 0.29) is 6.42 Å². The van der Waals surface area contributed by atoms with Crippen LogP contribution in [0.5, 0.6) is 0 Å². The summed E-state index contributed by atoms with van der Waals surface area (Å²) in [5, 5.41) is 7.91. The molecule has 2 rings (SSSR count). The molecule has 1 aliphatic carbocycles. The molecule has 0 aliphatic heterocycles. The van der Waals surface area contributed by atoms with Crippen molar-refractivity contribution >= 4 is 17.3 Å². The standard InChI is InChI=1S/C9H8F3NO2S/c10-9(11,12)8-13-5-3-4(7(14)15)1-2-6(5)16-8/h4H,1-3H2,(H,14,15). The van der Waals surface area contributed by atoms with E-state index in [1.807, 2.05) is 0 Å². The number of fused-ring (bicyclic) bond motifs is 1. The minimum absolute atomic E-state index is 0.108. The third-order valence-electron chi connectivity index (χ3n) is 2.53. The highest BCUT2D eigenvalue weighted by Crippen LogP contribution is 2.37. The van der Waals surface area contributed by atoms with E-state index < -0.39 is 23.1 Å². The van der Waals surface area contributed by atoms with Crippen LogP contribution in [0.3, 0.4) is 0 Å². The number of rotatable bonds is 1. The number of carboxylic acid groups (broad SMARTS) is 1. The Morgan fingerprint density at radius 2 is 2.19 bits per heavy atom. The van der Waals surface area contributed by atoms with Crippen molar-refractivity contribution in [2.45, 2.75) is 25.4 Å². The van der Waals surface area contributed by atoms with Gasteiger partial charge < -0.3 is 5.11 Å². The molecule has 0 bridgehead atoms. The summed E-state index contributed by atoms with van der Waals surface area (Å²) >= 11 is 0.627. The molecule has 0 aromatic carbocycles. The second kappa shape index (κ2) is 3.73. The zero-order chi connectivity index (χ0) is 11.9. The summed E-state index contributed by atoms with van der Waals surface area (Å²) in [5.74, 6) is -1.57. The number of hydrogen-bond acceptors (Lipinski definition) is 3. The first-order valence-corrected chi connectivity index (χ1v) is 5.48. The second-order valence-corrected chi connectivity index (χ2v) is 4.75. The second-order valence-electron chi connectivity index (χ2n) is 3.66. The van der Waals surface area contributed by atoms with Gasteiger partial charge in [-0.15, -0.1) is 11.3 Å². The number of alkyl halides is 3. The maximum Gasteiger partial charge on any atom is 0.443 e. The predicted molar refractivity (Wildman–Crippen MR) is 50.3 cm³/mol. The Morgan fingerprint density at radius 3 is 2.75 bits per heavy atom. The number of aromatic nitrogens is 1. The van der Waals surface area contributed by atoms with Crippen LogP contribution in [-0.2, 0) is 23.8 Å². The van der Waals surface area contributed by atoms with Crippen LogP contribution >= 0.6 is 11.3 Å². The molecule has 0 radical (unpaired) electrons. The molecule has 3 nitrogen and oxygen atoms in total. The Labute approximate surface area is 92.9 Å². The van der Waals surface area contributed by atoms with Crippen LogP contribution in [0.4, 0.5) is 13.2 Å². The lowest BCUT2D eigenvalue weighted by Gasteiger charge is -2.16. The third kappa shape index (κ3) is 2.04. The topological polar surface area (TPSA) is 50.2 Å². The van der Waals surface area contributed by atoms with E-state index in [9.17, 15) is 18.0 Å². The predicted octanol–water partition coefficient (Wildman–Crippen LogP) is 2.35. The van der Waals surface area contributed by atoms with Crippen molar-refractivity contribution in [2.24, 2.45) is 5.92 Å². The van der Waals surface area contributed by atoms with Crippen LogP contribution in [0.25, 0.3) is 0 Å². The molecular weight excluding hydrogens is 243 g/mol. The molecule has 0 saturated heterocycles. The average Bonchev–Trinajstić information content (AvgIpc) is 2.58. The molecule has 1 atom stereocenters. The summed E-state index contributed by atoms with van der Waals surface area (Å²) in [7, 11) is 0. The maximum atomic E-state index is 12.4. The number of carbonyl (C=O) groups is 1. The van der Waals surface area contributed by atoms with Crippen molar-refractivity contribution < 1.29 is 23.1 Å². The van der Waals surface area contributed by atoms with Crippen LogP contribution in [0.2, 0.25) is 0 Å². The Balaban J connectivity index is 2.27. The van der Waals surface area contributed by atoms with Gasteiger partial charge in [-0.3, -0.25) is 4.79 Å². The van der Waals surface area contributed by atoms with Crippen molar-refractivity contribution in [1.29, 1.82) is 0 Å². The van der Waals surface area contributed by atoms with Crippen LogP contribution in [0.15, 0.2) is 0 Å². The number of thiazole rings is 1. The summed E-state index contributed by atoms with van der Waals surface area (Å²) in [4.78, 5) is 14.8. The van der Waals surface area contributed by atoms with E-state index >= 15 is 0 Å². The lowest BCUT2D eigenvalue weighted by molar-refractivity contribution is -0.142. The van der Waals surface area contributed by atoms with Crippen LogP contribution in [0, 0.1) is 5.92 Å². The largest absolute Gasteiger partial charge is 0.481 e. The summed E-state index contributed by atoms with van der Waals surface area (Å²) in [6.45, 7) is 0. The van der Waals surface area contributed by atoms with Gasteiger partial charge in [0.15, 0.2) is 5.01 Å². The number of carboxylic acids is 1.